The topological polar surface area (TPSA) is 268 Å². The van der Waals surface area contributed by atoms with E-state index in [2.05, 4.69) is 26.1 Å². The number of aliphatic hydroxyl groups excluding tert-OH is 10. The molecule has 0 aromatic heterocycles. The Labute approximate surface area is 422 Å². The molecule has 2 aliphatic rings. The zero-order chi connectivity index (χ0) is 51.5. The molecule has 11 N–H and O–H groups in total. The molecule has 2 rings (SSSR count). The molecule has 2 aliphatic heterocycles. The fourth-order valence-corrected chi connectivity index (χ4v) is 9.68. The molecule has 16 nitrogen and oxygen atoms in total. The van der Waals surface area contributed by atoms with Crippen LogP contribution in [0.4, 0.5) is 0 Å². The molecule has 16 heteroatoms. The van der Waals surface area contributed by atoms with E-state index in [1.165, 1.54) is 128 Å². The highest BCUT2D eigenvalue weighted by atomic mass is 16.8. The van der Waals surface area contributed by atoms with E-state index in [4.69, 9.17) is 18.9 Å². The second kappa shape index (κ2) is 40.3. The molecule has 0 aromatic rings. The summed E-state index contributed by atoms with van der Waals surface area (Å²) in [5.74, 6) is -0.0238. The van der Waals surface area contributed by atoms with Gasteiger partial charge in [-0.05, 0) is 18.8 Å². The lowest BCUT2D eigenvalue weighted by Gasteiger charge is -2.46. The molecule has 416 valence electrons. The predicted octanol–water partition coefficient (Wildman–Crippen LogP) is 6.35. The van der Waals surface area contributed by atoms with Gasteiger partial charge in [0, 0.05) is 0 Å². The van der Waals surface area contributed by atoms with Crippen molar-refractivity contribution in [3.05, 3.63) is 0 Å². The lowest BCUT2D eigenvalue weighted by molar-refractivity contribution is -0.368. The number of hydrogen-bond donors (Lipinski definition) is 11. The van der Waals surface area contributed by atoms with E-state index in [1.807, 2.05) is 0 Å². The number of hydrogen-bond acceptors (Lipinski definition) is 15. The number of rotatable bonds is 44. The van der Waals surface area contributed by atoms with Crippen LogP contribution < -0.4 is 5.32 Å². The third-order valence-electron chi connectivity index (χ3n) is 14.5. The van der Waals surface area contributed by atoms with Gasteiger partial charge < -0.3 is 75.3 Å². The molecule has 2 fully saturated rings. The van der Waals surface area contributed by atoms with Crippen LogP contribution in [0.15, 0.2) is 0 Å². The summed E-state index contributed by atoms with van der Waals surface area (Å²) in [6, 6.07) is -1.31. The summed E-state index contributed by atoms with van der Waals surface area (Å²) in [5.41, 5.74) is 0. The Balaban J connectivity index is 1.90. The summed E-state index contributed by atoms with van der Waals surface area (Å²) in [5, 5.41) is 109. The van der Waals surface area contributed by atoms with Crippen LogP contribution in [-0.2, 0) is 23.7 Å². The predicted molar refractivity (Wildman–Crippen MR) is 271 cm³/mol. The van der Waals surface area contributed by atoms with Gasteiger partial charge in [0.1, 0.15) is 61.0 Å². The van der Waals surface area contributed by atoms with E-state index in [9.17, 15) is 55.9 Å². The summed E-state index contributed by atoms with van der Waals surface area (Å²) >= 11 is 0. The summed E-state index contributed by atoms with van der Waals surface area (Å²) in [6.07, 6.45) is 15.0. The molecule has 70 heavy (non-hydrogen) atoms. The van der Waals surface area contributed by atoms with Crippen molar-refractivity contribution < 1.29 is 74.8 Å². The maximum Gasteiger partial charge on any atom is 0.249 e. The van der Waals surface area contributed by atoms with Gasteiger partial charge in [-0.1, -0.05) is 213 Å². The van der Waals surface area contributed by atoms with Crippen LogP contribution in [0.1, 0.15) is 226 Å². The van der Waals surface area contributed by atoms with E-state index in [0.717, 1.165) is 57.3 Å². The molecule has 0 radical (unpaired) electrons. The molecule has 0 aromatic carbocycles. The smallest absolute Gasteiger partial charge is 0.249 e. The first-order valence-corrected chi connectivity index (χ1v) is 28.3. The number of amides is 1. The van der Waals surface area contributed by atoms with Crippen LogP contribution in [-0.4, -0.2) is 163 Å². The molecule has 1 amide bonds. The van der Waals surface area contributed by atoms with Gasteiger partial charge in [0.25, 0.3) is 0 Å². The number of nitrogens with one attached hydrogen (secondary N) is 1. The second-order valence-electron chi connectivity index (χ2n) is 21.2. The first kappa shape index (κ1) is 65.0. The van der Waals surface area contributed by atoms with Crippen LogP contribution >= 0.6 is 0 Å². The Morgan fingerprint density at radius 3 is 1.31 bits per heavy atom. The summed E-state index contributed by atoms with van der Waals surface area (Å²) in [4.78, 5) is 13.4. The summed E-state index contributed by atoms with van der Waals surface area (Å²) < 4.78 is 22.9. The molecule has 2 heterocycles. The van der Waals surface area contributed by atoms with Crippen molar-refractivity contribution in [2.75, 3.05) is 19.8 Å². The van der Waals surface area contributed by atoms with Crippen molar-refractivity contribution >= 4 is 5.91 Å². The average Bonchev–Trinajstić information content (AvgIpc) is 3.35. The molecule has 0 spiro atoms. The highest BCUT2D eigenvalue weighted by molar-refractivity contribution is 5.80. The highest BCUT2D eigenvalue weighted by Gasteiger charge is 2.51. The molecule has 0 bridgehead atoms. The lowest BCUT2D eigenvalue weighted by atomic mass is 9.97. The quantitative estimate of drug-likeness (QED) is 0.0297. The van der Waals surface area contributed by atoms with Crippen molar-refractivity contribution in [2.45, 2.75) is 312 Å². The SMILES string of the molecule is CCCCCCCCCCCCCCCCCCCCC[C@@H](O)C(=O)N[C@@H](CO[C@H]1O[C@H](CO)[C@H](O)[C@H](O)[C@H]1O[C@H]1O[C@H](CO)[C@@H](O)[C@H](O)[C@H]1O)[C@H](O)[C@H](O)CCCCCCCCCCCCC(C)C. The van der Waals surface area contributed by atoms with Crippen molar-refractivity contribution in [1.29, 1.82) is 0 Å². The van der Waals surface area contributed by atoms with Crippen LogP contribution in [0, 0.1) is 5.92 Å². The first-order chi connectivity index (χ1) is 33.8. The lowest BCUT2D eigenvalue weighted by Crippen LogP contribution is -2.65. The van der Waals surface area contributed by atoms with Crippen molar-refractivity contribution in [2.24, 2.45) is 5.92 Å². The van der Waals surface area contributed by atoms with E-state index in [-0.39, 0.29) is 12.8 Å². The van der Waals surface area contributed by atoms with E-state index in [0.29, 0.717) is 12.8 Å². The zero-order valence-corrected chi connectivity index (χ0v) is 43.9. The van der Waals surface area contributed by atoms with Gasteiger partial charge in [0.2, 0.25) is 5.91 Å². The fraction of sp³-hybridized carbons (Fsp3) is 0.981. The van der Waals surface area contributed by atoms with Crippen LogP contribution in [0.5, 0.6) is 0 Å². The molecule has 0 aliphatic carbocycles. The van der Waals surface area contributed by atoms with E-state index >= 15 is 0 Å². The van der Waals surface area contributed by atoms with Crippen LogP contribution in [0.2, 0.25) is 0 Å². The Hall–Kier alpha value is -1.09. The maximum atomic E-state index is 13.4. The first-order valence-electron chi connectivity index (χ1n) is 28.3. The normalized spacial score (nSPS) is 26.9. The molecular formula is C54H105NO15. The largest absolute Gasteiger partial charge is 0.394 e. The van der Waals surface area contributed by atoms with Gasteiger partial charge in [-0.25, -0.2) is 0 Å². The molecule has 0 unspecified atom stereocenters. The molecule has 2 saturated heterocycles. The van der Waals surface area contributed by atoms with Crippen molar-refractivity contribution in [3.63, 3.8) is 0 Å². The van der Waals surface area contributed by atoms with Gasteiger partial charge >= 0.3 is 0 Å². The number of unbranched alkanes of at least 4 members (excludes halogenated alkanes) is 27. The molecular weight excluding hydrogens is 903 g/mol. The van der Waals surface area contributed by atoms with Gasteiger partial charge in [0.15, 0.2) is 12.6 Å². The van der Waals surface area contributed by atoms with Gasteiger partial charge in [-0.15, -0.1) is 0 Å². The van der Waals surface area contributed by atoms with Crippen molar-refractivity contribution in [3.8, 4) is 0 Å². The Morgan fingerprint density at radius 1 is 0.500 bits per heavy atom. The number of carbonyl (C=O) groups excluding carboxylic acids is 1. The van der Waals surface area contributed by atoms with Gasteiger partial charge in [-0.2, -0.15) is 0 Å². The Kier molecular flexibility index (Phi) is 37.4. The van der Waals surface area contributed by atoms with Crippen molar-refractivity contribution in [1.82, 2.24) is 5.32 Å². The fourth-order valence-electron chi connectivity index (χ4n) is 9.68. The Morgan fingerprint density at radius 2 is 0.886 bits per heavy atom. The summed E-state index contributed by atoms with van der Waals surface area (Å²) in [7, 11) is 0. The molecule has 14 atom stereocenters. The second-order valence-corrected chi connectivity index (χ2v) is 21.2. The third kappa shape index (κ3) is 26.9. The third-order valence-corrected chi connectivity index (χ3v) is 14.5. The summed E-state index contributed by atoms with van der Waals surface area (Å²) in [6.45, 7) is 4.70. The number of aliphatic hydroxyl groups is 10. The minimum Gasteiger partial charge on any atom is -0.394 e. The number of ether oxygens (including phenoxy) is 4. The maximum absolute atomic E-state index is 13.4. The van der Waals surface area contributed by atoms with E-state index in [1.54, 1.807) is 0 Å². The minimum atomic E-state index is -1.87. The molecule has 0 saturated carbocycles. The monoisotopic (exact) mass is 1010 g/mol. The highest BCUT2D eigenvalue weighted by Crippen LogP contribution is 2.30. The standard InChI is InChI=1S/C54H105NO15/c1-4-5-6-7-8-9-10-11-12-13-14-15-16-17-18-23-26-29-32-35-42(59)52(66)55-40(45(60)41(58)34-31-28-25-22-20-19-21-24-27-30-33-39(2)3)38-67-54-51(49(64)47(62)44(37-57)69-54)70-53-50(65)48(63)46(61)43(36-56)68-53/h39-51,53-54,56-65H,4-38H2,1-3H3,(H,55,66)/t40-,41+,42+,43+,44+,45-,46+,47-,48-,49-,50+,51+,53+,54-/m0/s1. The van der Waals surface area contributed by atoms with E-state index < -0.39 is 111 Å². The van der Waals surface area contributed by atoms with Crippen LogP contribution in [0.25, 0.3) is 0 Å². The Bertz CT molecular complexity index is 1240. The number of carbonyl (C=O) groups is 1. The van der Waals surface area contributed by atoms with Crippen LogP contribution in [0.3, 0.4) is 0 Å². The average molecular weight is 1010 g/mol. The van der Waals surface area contributed by atoms with Gasteiger partial charge in [0.05, 0.1) is 32.0 Å². The zero-order valence-electron chi connectivity index (χ0n) is 43.9. The van der Waals surface area contributed by atoms with Gasteiger partial charge in [-0.3, -0.25) is 4.79 Å². The minimum absolute atomic E-state index is 0.193.